The number of nitrogens with one attached hydrogen (secondary N) is 2. The fourth-order valence-corrected chi connectivity index (χ4v) is 4.16. The van der Waals surface area contributed by atoms with Crippen molar-refractivity contribution in [3.63, 3.8) is 0 Å². The zero-order chi connectivity index (χ0) is 26.6. The van der Waals surface area contributed by atoms with Crippen molar-refractivity contribution < 1.29 is 59.9 Å². The Hall–Kier alpha value is -2.24. The van der Waals surface area contributed by atoms with E-state index in [9.17, 15) is 50.4 Å². The molecular weight excluding hydrogens is 484 g/mol. The van der Waals surface area contributed by atoms with E-state index in [0.29, 0.717) is 0 Å². The molecule has 0 saturated carbocycles. The molecule has 2 amide bonds. The number of aliphatic hydroxyl groups excluding tert-OH is 8. The molecule has 1 aromatic rings. The highest BCUT2D eigenvalue weighted by molar-refractivity contribution is 5.94. The van der Waals surface area contributed by atoms with Crippen LogP contribution in [0, 0.1) is 0 Å². The van der Waals surface area contributed by atoms with Crippen LogP contribution in [-0.2, 0) is 19.1 Å². The lowest BCUT2D eigenvalue weighted by Crippen LogP contribution is -2.59. The average Bonchev–Trinajstić information content (AvgIpc) is 2.84. The fourth-order valence-electron chi connectivity index (χ4n) is 4.16. The largest absolute Gasteiger partial charge is 0.394 e. The lowest BCUT2D eigenvalue weighted by molar-refractivity contribution is -0.229. The van der Waals surface area contributed by atoms with Crippen LogP contribution in [0.5, 0.6) is 0 Å². The number of anilines is 2. The van der Waals surface area contributed by atoms with E-state index in [2.05, 4.69) is 10.6 Å². The summed E-state index contributed by atoms with van der Waals surface area (Å²) in [5, 5.41) is 83.1. The van der Waals surface area contributed by atoms with E-state index < -0.39 is 98.9 Å². The molecule has 2 aliphatic heterocycles. The van der Waals surface area contributed by atoms with Crippen LogP contribution >= 0.6 is 0 Å². The minimum Gasteiger partial charge on any atom is -0.394 e. The summed E-state index contributed by atoms with van der Waals surface area (Å²) in [6.07, 6.45) is -14.8. The number of hydrogen-bond acceptors (Lipinski definition) is 12. The first kappa shape index (κ1) is 28.3. The predicted molar refractivity (Wildman–Crippen MR) is 120 cm³/mol. The van der Waals surface area contributed by atoms with E-state index in [4.69, 9.17) is 9.47 Å². The first-order chi connectivity index (χ1) is 17.0. The van der Waals surface area contributed by atoms with Gasteiger partial charge >= 0.3 is 0 Å². The Labute approximate surface area is 205 Å². The minimum atomic E-state index is -1.60. The maximum atomic E-state index is 12.5. The lowest BCUT2D eigenvalue weighted by atomic mass is 9.93. The summed E-state index contributed by atoms with van der Waals surface area (Å²) in [4.78, 5) is 24.9. The molecule has 14 heteroatoms. The third-order valence-corrected chi connectivity index (χ3v) is 6.19. The van der Waals surface area contributed by atoms with Gasteiger partial charge in [0.1, 0.15) is 48.8 Å². The van der Waals surface area contributed by atoms with E-state index in [0.717, 1.165) is 0 Å². The number of carbonyl (C=O) groups excluding carboxylic acids is 2. The molecule has 2 heterocycles. The monoisotopic (exact) mass is 516 g/mol. The maximum Gasteiger partial charge on any atom is 0.227 e. The molecule has 0 aliphatic carbocycles. The van der Waals surface area contributed by atoms with E-state index >= 15 is 0 Å². The quantitative estimate of drug-likeness (QED) is 0.159. The number of ether oxygens (including phenoxy) is 2. The van der Waals surface area contributed by atoms with Crippen LogP contribution in [0.15, 0.2) is 24.3 Å². The molecule has 0 aromatic heterocycles. The Kier molecular flexibility index (Phi) is 9.71. The first-order valence-corrected chi connectivity index (χ1v) is 11.4. The second-order valence-corrected chi connectivity index (χ2v) is 8.82. The molecule has 14 nitrogen and oxygen atoms in total. The Balaban J connectivity index is 1.56. The molecule has 1 aromatic carbocycles. The van der Waals surface area contributed by atoms with Gasteiger partial charge in [0.05, 0.1) is 38.3 Å². The molecule has 2 aliphatic rings. The molecule has 0 unspecified atom stereocenters. The SMILES string of the molecule is O=C(C[C@H]1O[C@H](CO)[C@@H](O)[C@H](O)[C@H]1O)Nc1cccc(NC(=O)C[C@H]2O[C@H](CO)[C@@H](O)[C@H](O)[C@H]2O)c1. The highest BCUT2D eigenvalue weighted by Crippen LogP contribution is 2.25. The zero-order valence-electron chi connectivity index (χ0n) is 19.1. The molecule has 202 valence electrons. The van der Waals surface area contributed by atoms with Crippen molar-refractivity contribution >= 4 is 23.2 Å². The van der Waals surface area contributed by atoms with Crippen LogP contribution in [0.2, 0.25) is 0 Å². The Bertz CT molecular complexity index is 832. The van der Waals surface area contributed by atoms with Crippen molar-refractivity contribution in [3.8, 4) is 0 Å². The summed E-state index contributed by atoms with van der Waals surface area (Å²) in [6, 6.07) is 6.01. The number of rotatable bonds is 8. The van der Waals surface area contributed by atoms with E-state index in [1.807, 2.05) is 0 Å². The molecule has 0 bridgehead atoms. The molecule has 2 fully saturated rings. The molecular formula is C22H32N2O12. The number of amides is 2. The normalized spacial score (nSPS) is 36.8. The summed E-state index contributed by atoms with van der Waals surface area (Å²) >= 11 is 0. The summed E-state index contributed by atoms with van der Waals surface area (Å²) in [5.74, 6) is -1.21. The van der Waals surface area contributed by atoms with Crippen LogP contribution in [0.1, 0.15) is 12.8 Å². The van der Waals surface area contributed by atoms with Crippen molar-refractivity contribution in [2.75, 3.05) is 23.8 Å². The molecule has 0 spiro atoms. The first-order valence-electron chi connectivity index (χ1n) is 11.4. The smallest absolute Gasteiger partial charge is 0.227 e. The topological polar surface area (TPSA) is 238 Å². The molecule has 3 rings (SSSR count). The standard InChI is InChI=1S/C22H32N2O12/c25-7-13-19(31)21(33)17(29)11(35-13)5-15(27)23-9-2-1-3-10(4-9)24-16(28)6-12-18(30)22(34)20(32)14(8-26)36-12/h1-4,11-14,17-22,25-26,29-34H,5-8H2,(H,23,27)(H,24,28)/t11-,12-,13-,14-,17+,18+,19-,20-,21-,22-/m1/s1. The van der Waals surface area contributed by atoms with Crippen LogP contribution in [0.4, 0.5) is 11.4 Å². The van der Waals surface area contributed by atoms with E-state index in [-0.39, 0.29) is 11.4 Å². The van der Waals surface area contributed by atoms with E-state index in [1.54, 1.807) is 0 Å². The van der Waals surface area contributed by atoms with E-state index in [1.165, 1.54) is 24.3 Å². The molecule has 2 saturated heterocycles. The fraction of sp³-hybridized carbons (Fsp3) is 0.636. The van der Waals surface area contributed by atoms with Gasteiger partial charge in [-0.2, -0.15) is 0 Å². The number of benzene rings is 1. The van der Waals surface area contributed by atoms with Crippen molar-refractivity contribution in [3.05, 3.63) is 24.3 Å². The zero-order valence-corrected chi connectivity index (χ0v) is 19.1. The minimum absolute atomic E-state index is 0.273. The molecule has 36 heavy (non-hydrogen) atoms. The second-order valence-electron chi connectivity index (χ2n) is 8.82. The maximum absolute atomic E-state index is 12.5. The summed E-state index contributed by atoms with van der Waals surface area (Å²) in [5.41, 5.74) is 0.547. The lowest BCUT2D eigenvalue weighted by Gasteiger charge is -2.39. The highest BCUT2D eigenvalue weighted by Gasteiger charge is 2.45. The van der Waals surface area contributed by atoms with Gasteiger partial charge in [0.15, 0.2) is 0 Å². The van der Waals surface area contributed by atoms with Gasteiger partial charge in [-0.1, -0.05) is 6.07 Å². The van der Waals surface area contributed by atoms with Gasteiger partial charge in [-0.3, -0.25) is 9.59 Å². The van der Waals surface area contributed by atoms with Gasteiger partial charge in [0.25, 0.3) is 0 Å². The van der Waals surface area contributed by atoms with Crippen LogP contribution in [-0.4, -0.2) is 127 Å². The summed E-state index contributed by atoms with van der Waals surface area (Å²) < 4.78 is 10.6. The number of aliphatic hydroxyl groups is 8. The van der Waals surface area contributed by atoms with Crippen molar-refractivity contribution in [2.45, 2.75) is 73.9 Å². The summed E-state index contributed by atoms with van der Waals surface area (Å²) in [7, 11) is 0. The average molecular weight is 517 g/mol. The Morgan fingerprint density at radius 1 is 0.639 bits per heavy atom. The van der Waals surface area contributed by atoms with Crippen LogP contribution < -0.4 is 10.6 Å². The van der Waals surface area contributed by atoms with Gasteiger partial charge in [0.2, 0.25) is 11.8 Å². The third kappa shape index (κ3) is 6.54. The molecule has 10 N–H and O–H groups in total. The van der Waals surface area contributed by atoms with Crippen molar-refractivity contribution in [1.29, 1.82) is 0 Å². The van der Waals surface area contributed by atoms with Crippen LogP contribution in [0.3, 0.4) is 0 Å². The van der Waals surface area contributed by atoms with Crippen molar-refractivity contribution in [1.82, 2.24) is 0 Å². The highest BCUT2D eigenvalue weighted by atomic mass is 16.6. The number of hydrogen-bond donors (Lipinski definition) is 10. The molecule has 0 radical (unpaired) electrons. The second kappa shape index (κ2) is 12.3. The van der Waals surface area contributed by atoms with Gasteiger partial charge in [-0.25, -0.2) is 0 Å². The number of carbonyl (C=O) groups is 2. The van der Waals surface area contributed by atoms with Crippen molar-refractivity contribution in [2.24, 2.45) is 0 Å². The Morgan fingerprint density at radius 3 is 1.36 bits per heavy atom. The van der Waals surface area contributed by atoms with Gasteiger partial charge in [-0.05, 0) is 18.2 Å². The summed E-state index contributed by atoms with van der Waals surface area (Å²) in [6.45, 7) is -1.23. The molecule has 10 atom stereocenters. The van der Waals surface area contributed by atoms with Crippen LogP contribution in [0.25, 0.3) is 0 Å². The van der Waals surface area contributed by atoms with Gasteiger partial charge in [0, 0.05) is 11.4 Å². The van der Waals surface area contributed by atoms with Gasteiger partial charge < -0.3 is 61.0 Å². The third-order valence-electron chi connectivity index (χ3n) is 6.19. The van der Waals surface area contributed by atoms with Gasteiger partial charge in [-0.15, -0.1) is 0 Å². The Morgan fingerprint density at radius 2 is 1.00 bits per heavy atom. The predicted octanol–water partition coefficient (Wildman–Crippen LogP) is -3.97.